The van der Waals surface area contributed by atoms with E-state index in [-0.39, 0.29) is 11.9 Å². The van der Waals surface area contributed by atoms with Gasteiger partial charge in [-0.3, -0.25) is 4.79 Å². The zero-order valence-corrected chi connectivity index (χ0v) is 14.2. The van der Waals surface area contributed by atoms with E-state index in [4.69, 9.17) is 0 Å². The molecule has 0 saturated heterocycles. The molecule has 4 heteroatoms. The third-order valence-electron chi connectivity index (χ3n) is 5.16. The van der Waals surface area contributed by atoms with Crippen LogP contribution in [0.2, 0.25) is 0 Å². The zero-order chi connectivity index (χ0) is 17.1. The highest BCUT2D eigenvalue weighted by atomic mass is 16.1. The average molecular weight is 333 g/mol. The van der Waals surface area contributed by atoms with E-state index in [0.29, 0.717) is 12.3 Å². The van der Waals surface area contributed by atoms with Gasteiger partial charge >= 0.3 is 0 Å². The van der Waals surface area contributed by atoms with Crippen molar-refractivity contribution in [3.8, 4) is 0 Å². The van der Waals surface area contributed by atoms with Gasteiger partial charge in [0.25, 0.3) is 0 Å². The van der Waals surface area contributed by atoms with Gasteiger partial charge in [-0.1, -0.05) is 49.2 Å². The maximum absolute atomic E-state index is 12.6. The summed E-state index contributed by atoms with van der Waals surface area (Å²) in [6.45, 7) is 0. The number of aromatic amines is 1. The molecule has 1 aromatic heterocycles. The first-order valence-electron chi connectivity index (χ1n) is 9.07. The Hall–Kier alpha value is -2.62. The summed E-state index contributed by atoms with van der Waals surface area (Å²) in [6, 6.07) is 16.2. The van der Waals surface area contributed by atoms with E-state index in [0.717, 1.165) is 22.2 Å². The maximum Gasteiger partial charge on any atom is 0.221 e. The highest BCUT2D eigenvalue weighted by Gasteiger charge is 2.22. The molecule has 1 aliphatic carbocycles. The van der Waals surface area contributed by atoms with Crippen LogP contribution in [0.25, 0.3) is 11.0 Å². The second-order valence-corrected chi connectivity index (χ2v) is 6.94. The summed E-state index contributed by atoms with van der Waals surface area (Å²) >= 11 is 0. The number of amides is 1. The summed E-state index contributed by atoms with van der Waals surface area (Å²) in [5, 5.41) is 3.26. The largest absolute Gasteiger partial charge is 0.345 e. The van der Waals surface area contributed by atoms with Crippen LogP contribution in [0.4, 0.5) is 0 Å². The Morgan fingerprint density at radius 1 is 1.12 bits per heavy atom. The van der Waals surface area contributed by atoms with Gasteiger partial charge in [0.2, 0.25) is 5.91 Å². The molecule has 0 radical (unpaired) electrons. The molecule has 4 rings (SSSR count). The molecule has 1 atom stereocenters. The summed E-state index contributed by atoms with van der Waals surface area (Å²) in [4.78, 5) is 20.1. The van der Waals surface area contributed by atoms with Crippen molar-refractivity contribution in [1.82, 2.24) is 15.3 Å². The van der Waals surface area contributed by atoms with Gasteiger partial charge in [-0.15, -0.1) is 0 Å². The third kappa shape index (κ3) is 3.58. The Bertz CT molecular complexity index is 850. The van der Waals surface area contributed by atoms with Crippen LogP contribution in [-0.4, -0.2) is 15.9 Å². The lowest BCUT2D eigenvalue weighted by atomic mass is 9.97. The average Bonchev–Trinajstić information content (AvgIpc) is 3.31. The summed E-state index contributed by atoms with van der Waals surface area (Å²) in [6.07, 6.45) is 7.22. The van der Waals surface area contributed by atoms with Crippen LogP contribution in [0.3, 0.4) is 0 Å². The highest BCUT2D eigenvalue weighted by Crippen LogP contribution is 2.29. The molecule has 1 amide bonds. The predicted octanol–water partition coefficient (Wildman–Crippen LogP) is 4.35. The molecule has 1 heterocycles. The molecule has 128 valence electrons. The lowest BCUT2D eigenvalue weighted by Crippen LogP contribution is -2.30. The Morgan fingerprint density at radius 2 is 1.92 bits per heavy atom. The number of nitrogens with one attached hydrogen (secondary N) is 2. The summed E-state index contributed by atoms with van der Waals surface area (Å²) in [5.41, 5.74) is 4.10. The van der Waals surface area contributed by atoms with Crippen molar-refractivity contribution in [2.45, 2.75) is 38.1 Å². The normalized spacial score (nSPS) is 16.2. The summed E-state index contributed by atoms with van der Waals surface area (Å²) in [5.74, 6) is 0.692. The number of aromatic nitrogens is 2. The minimum absolute atomic E-state index is 0.136. The molecule has 0 bridgehead atoms. The number of benzene rings is 2. The van der Waals surface area contributed by atoms with E-state index in [1.807, 2.05) is 24.3 Å². The van der Waals surface area contributed by atoms with Crippen molar-refractivity contribution >= 4 is 16.9 Å². The predicted molar refractivity (Wildman–Crippen MR) is 99.1 cm³/mol. The van der Waals surface area contributed by atoms with Gasteiger partial charge in [0.05, 0.1) is 23.4 Å². The van der Waals surface area contributed by atoms with Crippen LogP contribution >= 0.6 is 0 Å². The smallest absolute Gasteiger partial charge is 0.221 e. The molecule has 3 aromatic rings. The molecular weight excluding hydrogens is 310 g/mol. The van der Waals surface area contributed by atoms with Crippen LogP contribution in [0, 0.1) is 5.92 Å². The van der Waals surface area contributed by atoms with E-state index >= 15 is 0 Å². The molecule has 1 fully saturated rings. The van der Waals surface area contributed by atoms with Crippen molar-refractivity contribution in [3.05, 3.63) is 66.0 Å². The van der Waals surface area contributed by atoms with E-state index < -0.39 is 0 Å². The van der Waals surface area contributed by atoms with Gasteiger partial charge < -0.3 is 10.3 Å². The number of hydrogen-bond donors (Lipinski definition) is 2. The van der Waals surface area contributed by atoms with Gasteiger partial charge in [-0.25, -0.2) is 4.98 Å². The van der Waals surface area contributed by atoms with Crippen LogP contribution in [0.15, 0.2) is 54.9 Å². The SMILES string of the molecule is O=C(CC1CCCC1)NC(c1ccccc1)c1ccc2nc[nH]c2c1. The highest BCUT2D eigenvalue weighted by molar-refractivity contribution is 5.79. The van der Waals surface area contributed by atoms with Crippen molar-refractivity contribution in [2.75, 3.05) is 0 Å². The number of H-pyrrole nitrogens is 1. The van der Waals surface area contributed by atoms with Crippen molar-refractivity contribution in [3.63, 3.8) is 0 Å². The number of imidazole rings is 1. The summed E-state index contributed by atoms with van der Waals surface area (Å²) < 4.78 is 0. The molecule has 1 unspecified atom stereocenters. The first-order chi connectivity index (χ1) is 12.3. The van der Waals surface area contributed by atoms with Gasteiger partial charge in [0, 0.05) is 6.42 Å². The quantitative estimate of drug-likeness (QED) is 0.729. The van der Waals surface area contributed by atoms with E-state index in [1.54, 1.807) is 6.33 Å². The monoisotopic (exact) mass is 333 g/mol. The molecule has 1 saturated carbocycles. The first kappa shape index (κ1) is 15.9. The van der Waals surface area contributed by atoms with Gasteiger partial charge in [0.15, 0.2) is 0 Å². The number of rotatable bonds is 5. The Morgan fingerprint density at radius 3 is 2.72 bits per heavy atom. The lowest BCUT2D eigenvalue weighted by Gasteiger charge is -2.21. The number of carbonyl (C=O) groups excluding carboxylic acids is 1. The fourth-order valence-electron chi connectivity index (χ4n) is 3.83. The van der Waals surface area contributed by atoms with Crippen LogP contribution in [0.1, 0.15) is 49.3 Å². The van der Waals surface area contributed by atoms with E-state index in [2.05, 4.69) is 39.6 Å². The van der Waals surface area contributed by atoms with Crippen LogP contribution < -0.4 is 5.32 Å². The molecular formula is C21H23N3O. The molecule has 0 aliphatic heterocycles. The summed E-state index contributed by atoms with van der Waals surface area (Å²) in [7, 11) is 0. The van der Waals surface area contributed by atoms with E-state index in [1.165, 1.54) is 25.7 Å². The zero-order valence-electron chi connectivity index (χ0n) is 14.2. The van der Waals surface area contributed by atoms with Gasteiger partial charge in [0.1, 0.15) is 0 Å². The Kier molecular flexibility index (Phi) is 4.51. The standard InChI is InChI=1S/C21H23N3O/c25-20(12-15-6-4-5-7-15)24-21(16-8-2-1-3-9-16)17-10-11-18-19(13-17)23-14-22-18/h1-3,8-11,13-15,21H,4-7,12H2,(H,22,23)(H,24,25). The fraction of sp³-hybridized carbons (Fsp3) is 0.333. The van der Waals surface area contributed by atoms with Gasteiger partial charge in [-0.2, -0.15) is 0 Å². The first-order valence-corrected chi connectivity index (χ1v) is 9.07. The molecule has 4 nitrogen and oxygen atoms in total. The number of hydrogen-bond acceptors (Lipinski definition) is 2. The minimum Gasteiger partial charge on any atom is -0.345 e. The number of nitrogens with zero attached hydrogens (tertiary/aromatic N) is 1. The van der Waals surface area contributed by atoms with E-state index in [9.17, 15) is 4.79 Å². The second-order valence-electron chi connectivity index (χ2n) is 6.94. The third-order valence-corrected chi connectivity index (χ3v) is 5.16. The topological polar surface area (TPSA) is 57.8 Å². The second kappa shape index (κ2) is 7.09. The Balaban J connectivity index is 1.60. The van der Waals surface area contributed by atoms with Crippen molar-refractivity contribution < 1.29 is 4.79 Å². The molecule has 2 aromatic carbocycles. The molecule has 0 spiro atoms. The number of carbonyl (C=O) groups is 1. The molecule has 25 heavy (non-hydrogen) atoms. The van der Waals surface area contributed by atoms with Crippen LogP contribution in [0.5, 0.6) is 0 Å². The van der Waals surface area contributed by atoms with Crippen molar-refractivity contribution in [2.24, 2.45) is 5.92 Å². The van der Waals surface area contributed by atoms with Crippen LogP contribution in [-0.2, 0) is 4.79 Å². The van der Waals surface area contributed by atoms with Gasteiger partial charge in [-0.05, 0) is 42.0 Å². The fourth-order valence-corrected chi connectivity index (χ4v) is 3.83. The molecule has 2 N–H and O–H groups in total. The van der Waals surface area contributed by atoms with Crippen molar-refractivity contribution in [1.29, 1.82) is 0 Å². The molecule has 1 aliphatic rings. The lowest BCUT2D eigenvalue weighted by molar-refractivity contribution is -0.122. The minimum atomic E-state index is -0.136. The maximum atomic E-state index is 12.6. The Labute approximate surface area is 147 Å². The number of fused-ring (bicyclic) bond motifs is 1.